The fraction of sp³-hybridized carbons (Fsp3) is 0.333. The van der Waals surface area contributed by atoms with Crippen LogP contribution in [0.3, 0.4) is 0 Å². The van der Waals surface area contributed by atoms with Crippen LogP contribution >= 0.6 is 22.9 Å². The number of aromatic nitrogens is 1. The van der Waals surface area contributed by atoms with Crippen molar-refractivity contribution in [3.63, 3.8) is 0 Å². The Morgan fingerprint density at radius 1 is 1.33 bits per heavy atom. The van der Waals surface area contributed by atoms with Gasteiger partial charge in [-0.25, -0.2) is 4.98 Å². The molecule has 6 heteroatoms. The van der Waals surface area contributed by atoms with E-state index in [0.29, 0.717) is 5.02 Å². The lowest BCUT2D eigenvalue weighted by Crippen LogP contribution is -2.39. The van der Waals surface area contributed by atoms with Gasteiger partial charge in [-0.3, -0.25) is 4.79 Å². The summed E-state index contributed by atoms with van der Waals surface area (Å²) in [4.78, 5) is 17.4. The molecule has 2 rings (SSSR count). The van der Waals surface area contributed by atoms with Crippen LogP contribution in [-0.4, -0.2) is 16.9 Å². The molecular formula is C15H18ClN3OS. The minimum absolute atomic E-state index is 0.159. The van der Waals surface area contributed by atoms with Gasteiger partial charge < -0.3 is 11.1 Å². The van der Waals surface area contributed by atoms with Gasteiger partial charge in [-0.05, 0) is 32.9 Å². The number of nitrogens with one attached hydrogen (secondary N) is 1. The van der Waals surface area contributed by atoms with Gasteiger partial charge in [0, 0.05) is 15.5 Å². The SMILES string of the molecule is Cc1sc(C(C)NC(=O)[C@@H](C)N)nc1-c1ccc(Cl)cc1. The predicted molar refractivity (Wildman–Crippen MR) is 87.5 cm³/mol. The second-order valence-electron chi connectivity index (χ2n) is 4.98. The Kier molecular flexibility index (Phi) is 4.98. The number of aryl methyl sites for hydroxylation is 1. The van der Waals surface area contributed by atoms with Gasteiger partial charge in [-0.1, -0.05) is 23.7 Å². The van der Waals surface area contributed by atoms with Crippen molar-refractivity contribution in [2.45, 2.75) is 32.9 Å². The van der Waals surface area contributed by atoms with Crippen molar-refractivity contribution in [1.82, 2.24) is 10.3 Å². The summed E-state index contributed by atoms with van der Waals surface area (Å²) < 4.78 is 0. The molecule has 0 fully saturated rings. The zero-order valence-corrected chi connectivity index (χ0v) is 13.8. The van der Waals surface area contributed by atoms with Gasteiger partial charge in [0.05, 0.1) is 17.8 Å². The number of nitrogens with two attached hydrogens (primary N) is 1. The summed E-state index contributed by atoms with van der Waals surface area (Å²) >= 11 is 7.48. The number of amides is 1. The van der Waals surface area contributed by atoms with E-state index in [1.165, 1.54) is 0 Å². The van der Waals surface area contributed by atoms with Crippen molar-refractivity contribution in [3.05, 3.63) is 39.2 Å². The summed E-state index contributed by atoms with van der Waals surface area (Å²) in [6.45, 7) is 5.59. The lowest BCUT2D eigenvalue weighted by atomic mass is 10.1. The number of halogens is 1. The lowest BCUT2D eigenvalue weighted by molar-refractivity contribution is -0.122. The first-order chi connectivity index (χ1) is 9.88. The summed E-state index contributed by atoms with van der Waals surface area (Å²) in [5.41, 5.74) is 7.50. The molecule has 0 bridgehead atoms. The number of rotatable bonds is 4. The van der Waals surface area contributed by atoms with Gasteiger partial charge in [0.25, 0.3) is 0 Å². The topological polar surface area (TPSA) is 68.0 Å². The molecule has 3 N–H and O–H groups in total. The fourth-order valence-corrected chi connectivity index (χ4v) is 2.96. The molecule has 21 heavy (non-hydrogen) atoms. The smallest absolute Gasteiger partial charge is 0.237 e. The van der Waals surface area contributed by atoms with E-state index in [4.69, 9.17) is 17.3 Å². The Balaban J connectivity index is 2.22. The minimum Gasteiger partial charge on any atom is -0.346 e. The second-order valence-corrected chi connectivity index (χ2v) is 6.65. The maximum atomic E-state index is 11.7. The molecule has 1 amide bonds. The zero-order chi connectivity index (χ0) is 15.6. The van der Waals surface area contributed by atoms with Gasteiger partial charge in [0.2, 0.25) is 5.91 Å². The molecule has 0 radical (unpaired) electrons. The highest BCUT2D eigenvalue weighted by Gasteiger charge is 2.18. The van der Waals surface area contributed by atoms with Gasteiger partial charge in [0.15, 0.2) is 0 Å². The van der Waals surface area contributed by atoms with Crippen molar-refractivity contribution in [2.75, 3.05) is 0 Å². The van der Waals surface area contributed by atoms with Crippen LogP contribution in [0.15, 0.2) is 24.3 Å². The molecular weight excluding hydrogens is 306 g/mol. The fourth-order valence-electron chi connectivity index (χ4n) is 1.88. The molecule has 2 aromatic rings. The van der Waals surface area contributed by atoms with Crippen molar-refractivity contribution in [3.8, 4) is 11.3 Å². The van der Waals surface area contributed by atoms with Crippen LogP contribution in [0.2, 0.25) is 5.02 Å². The summed E-state index contributed by atoms with van der Waals surface area (Å²) in [5, 5.41) is 4.43. The van der Waals surface area contributed by atoms with E-state index in [-0.39, 0.29) is 11.9 Å². The van der Waals surface area contributed by atoms with Crippen LogP contribution in [0, 0.1) is 6.92 Å². The highest BCUT2D eigenvalue weighted by Crippen LogP contribution is 2.31. The molecule has 0 aliphatic heterocycles. The van der Waals surface area contributed by atoms with Crippen molar-refractivity contribution < 1.29 is 4.79 Å². The van der Waals surface area contributed by atoms with Gasteiger partial charge in [-0.15, -0.1) is 11.3 Å². The normalized spacial score (nSPS) is 13.8. The zero-order valence-electron chi connectivity index (χ0n) is 12.2. The summed E-state index contributed by atoms with van der Waals surface area (Å²) in [7, 11) is 0. The quantitative estimate of drug-likeness (QED) is 0.907. The molecule has 0 saturated heterocycles. The van der Waals surface area contributed by atoms with E-state index in [0.717, 1.165) is 21.1 Å². The third-order valence-corrected chi connectivity index (χ3v) is 4.48. The van der Waals surface area contributed by atoms with Crippen LogP contribution in [0.4, 0.5) is 0 Å². The number of benzene rings is 1. The molecule has 112 valence electrons. The van der Waals surface area contributed by atoms with Crippen LogP contribution < -0.4 is 11.1 Å². The molecule has 1 heterocycles. The lowest BCUT2D eigenvalue weighted by Gasteiger charge is -2.12. The first-order valence-electron chi connectivity index (χ1n) is 6.67. The third kappa shape index (κ3) is 3.81. The first-order valence-corrected chi connectivity index (χ1v) is 7.87. The number of carbonyl (C=O) groups excluding carboxylic acids is 1. The molecule has 2 atom stereocenters. The Bertz CT molecular complexity index is 637. The van der Waals surface area contributed by atoms with E-state index in [1.54, 1.807) is 18.3 Å². The van der Waals surface area contributed by atoms with E-state index >= 15 is 0 Å². The van der Waals surface area contributed by atoms with Crippen molar-refractivity contribution in [1.29, 1.82) is 0 Å². The molecule has 1 aromatic heterocycles. The van der Waals surface area contributed by atoms with E-state index < -0.39 is 6.04 Å². The highest BCUT2D eigenvalue weighted by atomic mass is 35.5. The van der Waals surface area contributed by atoms with Crippen molar-refractivity contribution >= 4 is 28.8 Å². The Morgan fingerprint density at radius 2 is 1.95 bits per heavy atom. The summed E-state index contributed by atoms with van der Waals surface area (Å²) in [6, 6.07) is 6.89. The number of nitrogens with zero attached hydrogens (tertiary/aromatic N) is 1. The molecule has 0 aliphatic rings. The van der Waals surface area contributed by atoms with Gasteiger partial charge in [0.1, 0.15) is 5.01 Å². The second kappa shape index (κ2) is 6.56. The maximum Gasteiger partial charge on any atom is 0.237 e. The molecule has 1 aromatic carbocycles. The number of hydrogen-bond donors (Lipinski definition) is 2. The molecule has 0 saturated carbocycles. The van der Waals surface area contributed by atoms with Crippen LogP contribution in [-0.2, 0) is 4.79 Å². The standard InChI is InChI=1S/C15H18ClN3OS/c1-8(17)14(20)18-9(2)15-19-13(10(3)21-15)11-4-6-12(16)7-5-11/h4-9H,17H2,1-3H3,(H,18,20)/t8-,9?/m1/s1. The Hall–Kier alpha value is -1.43. The minimum atomic E-state index is -0.524. The Morgan fingerprint density at radius 3 is 2.52 bits per heavy atom. The molecule has 4 nitrogen and oxygen atoms in total. The molecule has 1 unspecified atom stereocenters. The monoisotopic (exact) mass is 323 g/mol. The largest absolute Gasteiger partial charge is 0.346 e. The van der Waals surface area contributed by atoms with Gasteiger partial charge in [-0.2, -0.15) is 0 Å². The number of hydrogen-bond acceptors (Lipinski definition) is 4. The first kappa shape index (κ1) is 15.9. The Labute approximate surface area is 133 Å². The van der Waals surface area contributed by atoms with E-state index in [2.05, 4.69) is 10.3 Å². The summed E-state index contributed by atoms with van der Waals surface area (Å²) in [5.74, 6) is -0.177. The number of thiazole rings is 1. The third-order valence-electron chi connectivity index (χ3n) is 3.07. The van der Waals surface area contributed by atoms with Gasteiger partial charge >= 0.3 is 0 Å². The van der Waals surface area contributed by atoms with Crippen LogP contribution in [0.25, 0.3) is 11.3 Å². The summed E-state index contributed by atoms with van der Waals surface area (Å²) in [6.07, 6.45) is 0. The molecule has 0 spiro atoms. The molecule has 0 aliphatic carbocycles. The average molecular weight is 324 g/mol. The predicted octanol–water partition coefficient (Wildman–Crippen LogP) is 3.30. The number of carbonyl (C=O) groups is 1. The van der Waals surface area contributed by atoms with E-state index in [1.807, 2.05) is 38.1 Å². The van der Waals surface area contributed by atoms with Crippen LogP contribution in [0.1, 0.15) is 29.8 Å². The van der Waals surface area contributed by atoms with Crippen LogP contribution in [0.5, 0.6) is 0 Å². The maximum absolute atomic E-state index is 11.7. The average Bonchev–Trinajstić information content (AvgIpc) is 2.81. The highest BCUT2D eigenvalue weighted by molar-refractivity contribution is 7.12. The van der Waals surface area contributed by atoms with Crippen molar-refractivity contribution in [2.24, 2.45) is 5.73 Å². The van der Waals surface area contributed by atoms with E-state index in [9.17, 15) is 4.79 Å².